The second kappa shape index (κ2) is 11.9. The first-order chi connectivity index (χ1) is 26.3. The van der Waals surface area contributed by atoms with Crippen LogP contribution in [0.3, 0.4) is 0 Å². The Balaban J connectivity index is 1.21. The van der Waals surface area contributed by atoms with Crippen LogP contribution in [0.1, 0.15) is 0 Å². The third-order valence-corrected chi connectivity index (χ3v) is 11.7. The molecule has 11 aromatic rings. The van der Waals surface area contributed by atoms with Gasteiger partial charge in [0.15, 0.2) is 17.5 Å². The van der Waals surface area contributed by atoms with Gasteiger partial charge in [-0.15, -0.1) is 11.3 Å². The van der Waals surface area contributed by atoms with E-state index in [4.69, 9.17) is 15.0 Å². The van der Waals surface area contributed by atoms with E-state index in [9.17, 15) is 0 Å². The van der Waals surface area contributed by atoms with Crippen molar-refractivity contribution in [3.05, 3.63) is 176 Å². The van der Waals surface area contributed by atoms with Crippen molar-refractivity contribution < 1.29 is 0 Å². The predicted molar refractivity (Wildman–Crippen MR) is 224 cm³/mol. The van der Waals surface area contributed by atoms with Gasteiger partial charge >= 0.3 is 0 Å². The largest absolute Gasteiger partial charge is 0.208 e. The number of rotatable bonds is 4. The maximum atomic E-state index is 5.32. The number of benzene rings is 9. The molecule has 9 aromatic carbocycles. The lowest BCUT2D eigenvalue weighted by atomic mass is 9.86. The van der Waals surface area contributed by atoms with Crippen LogP contribution in [-0.2, 0) is 0 Å². The summed E-state index contributed by atoms with van der Waals surface area (Å²) in [6.45, 7) is 0. The summed E-state index contributed by atoms with van der Waals surface area (Å²) in [5.41, 5.74) is 5.16. The first-order valence-electron chi connectivity index (χ1n) is 17.9. The molecule has 2 aromatic heterocycles. The van der Waals surface area contributed by atoms with Crippen molar-refractivity contribution in [2.45, 2.75) is 0 Å². The van der Waals surface area contributed by atoms with Gasteiger partial charge in [0.1, 0.15) is 0 Å². The molecular weight excluding hydrogens is 663 g/mol. The average molecular weight is 692 g/mol. The molecule has 0 fully saturated rings. The van der Waals surface area contributed by atoms with Crippen molar-refractivity contribution in [1.82, 2.24) is 15.0 Å². The summed E-state index contributed by atoms with van der Waals surface area (Å²) in [5.74, 6) is 1.97. The number of thiophene rings is 1. The fourth-order valence-corrected chi connectivity index (χ4v) is 9.37. The van der Waals surface area contributed by atoms with Gasteiger partial charge in [-0.1, -0.05) is 158 Å². The van der Waals surface area contributed by atoms with Crippen LogP contribution in [0.4, 0.5) is 0 Å². The molecule has 0 bridgehead atoms. The van der Waals surface area contributed by atoms with Crippen molar-refractivity contribution in [3.8, 4) is 45.3 Å². The molecule has 0 radical (unpaired) electrons. The summed E-state index contributed by atoms with van der Waals surface area (Å²) in [5, 5.41) is 12.5. The highest BCUT2D eigenvalue weighted by molar-refractivity contribution is 7.26. The first-order valence-corrected chi connectivity index (χ1v) is 18.7. The average Bonchev–Trinajstić information content (AvgIpc) is 3.62. The van der Waals surface area contributed by atoms with Gasteiger partial charge < -0.3 is 0 Å². The van der Waals surface area contributed by atoms with Gasteiger partial charge in [-0.2, -0.15) is 0 Å². The molecule has 0 spiro atoms. The van der Waals surface area contributed by atoms with Gasteiger partial charge in [0.05, 0.1) is 0 Å². The molecule has 0 amide bonds. The van der Waals surface area contributed by atoms with Gasteiger partial charge in [0.2, 0.25) is 0 Å². The van der Waals surface area contributed by atoms with Crippen molar-refractivity contribution in [2.75, 3.05) is 0 Å². The van der Waals surface area contributed by atoms with Crippen LogP contribution in [0.25, 0.3) is 109 Å². The highest BCUT2D eigenvalue weighted by Crippen LogP contribution is 2.45. The molecule has 0 aliphatic heterocycles. The molecule has 3 nitrogen and oxygen atoms in total. The van der Waals surface area contributed by atoms with E-state index >= 15 is 0 Å². The molecule has 53 heavy (non-hydrogen) atoms. The van der Waals surface area contributed by atoms with Gasteiger partial charge in [-0.25, -0.2) is 15.0 Å². The molecule has 4 heteroatoms. The lowest BCUT2D eigenvalue weighted by molar-refractivity contribution is 1.08. The molecule has 0 atom stereocenters. The Morgan fingerprint density at radius 1 is 0.302 bits per heavy atom. The quantitative estimate of drug-likeness (QED) is 0.172. The number of hydrogen-bond donors (Lipinski definition) is 0. The Bertz CT molecular complexity index is 3240. The summed E-state index contributed by atoms with van der Waals surface area (Å²) in [6.07, 6.45) is 0. The second-order valence-electron chi connectivity index (χ2n) is 13.5. The van der Waals surface area contributed by atoms with Crippen molar-refractivity contribution >= 4 is 74.6 Å². The SMILES string of the molecule is c1ccc(-c2nc(-c3ccccc3-c3cc4c5ccccc5c5ccccc5c4c4ccccc34)nc(-c3cccc4c3sc3ccccc34)n2)cc1. The van der Waals surface area contributed by atoms with Crippen LogP contribution in [0.5, 0.6) is 0 Å². The smallest absolute Gasteiger partial charge is 0.165 e. The molecular formula is C49H29N3S. The van der Waals surface area contributed by atoms with E-state index in [1.165, 1.54) is 63.3 Å². The van der Waals surface area contributed by atoms with Crippen molar-refractivity contribution in [3.63, 3.8) is 0 Å². The van der Waals surface area contributed by atoms with E-state index in [0.717, 1.165) is 27.8 Å². The van der Waals surface area contributed by atoms with Crippen molar-refractivity contribution in [1.29, 1.82) is 0 Å². The van der Waals surface area contributed by atoms with Crippen LogP contribution < -0.4 is 0 Å². The molecule has 0 saturated carbocycles. The summed E-state index contributed by atoms with van der Waals surface area (Å²) < 4.78 is 2.43. The molecule has 0 N–H and O–H groups in total. The molecule has 2 heterocycles. The number of hydrogen-bond acceptors (Lipinski definition) is 4. The molecule has 0 unspecified atom stereocenters. The monoisotopic (exact) mass is 691 g/mol. The van der Waals surface area contributed by atoms with Crippen LogP contribution in [0, 0.1) is 0 Å². The molecule has 0 aliphatic rings. The Labute approximate surface area is 309 Å². The zero-order valence-electron chi connectivity index (χ0n) is 28.5. The van der Waals surface area contributed by atoms with Crippen LogP contribution in [0.15, 0.2) is 176 Å². The van der Waals surface area contributed by atoms with E-state index in [2.05, 4.69) is 158 Å². The number of aromatic nitrogens is 3. The number of fused-ring (bicyclic) bond motifs is 11. The lowest BCUT2D eigenvalue weighted by Gasteiger charge is -2.18. The maximum Gasteiger partial charge on any atom is 0.165 e. The predicted octanol–water partition coefficient (Wildman–Crippen LogP) is 13.5. The summed E-state index contributed by atoms with van der Waals surface area (Å²) in [4.78, 5) is 15.7. The van der Waals surface area contributed by atoms with Gasteiger partial charge in [-0.3, -0.25) is 0 Å². The zero-order valence-corrected chi connectivity index (χ0v) is 29.3. The highest BCUT2D eigenvalue weighted by atomic mass is 32.1. The second-order valence-corrected chi connectivity index (χ2v) is 14.5. The third kappa shape index (κ3) is 4.70. The fraction of sp³-hybridized carbons (Fsp3) is 0. The van der Waals surface area contributed by atoms with E-state index in [1.54, 1.807) is 11.3 Å². The van der Waals surface area contributed by atoms with Gasteiger partial charge in [0.25, 0.3) is 0 Å². The molecule has 0 saturated heterocycles. The fourth-order valence-electron chi connectivity index (χ4n) is 8.16. The Hall–Kier alpha value is -6.75. The maximum absolute atomic E-state index is 5.32. The van der Waals surface area contributed by atoms with Gasteiger partial charge in [0, 0.05) is 36.9 Å². The van der Waals surface area contributed by atoms with Crippen molar-refractivity contribution in [2.24, 2.45) is 0 Å². The van der Waals surface area contributed by atoms with Crippen LogP contribution in [-0.4, -0.2) is 15.0 Å². The minimum absolute atomic E-state index is 0.648. The van der Waals surface area contributed by atoms with E-state index in [-0.39, 0.29) is 0 Å². The molecule has 11 rings (SSSR count). The summed E-state index contributed by atoms with van der Waals surface area (Å²) >= 11 is 1.79. The zero-order chi connectivity index (χ0) is 34.9. The molecule has 246 valence electrons. The Kier molecular flexibility index (Phi) is 6.73. The Morgan fingerprint density at radius 3 is 1.55 bits per heavy atom. The first kappa shape index (κ1) is 29.9. The lowest BCUT2D eigenvalue weighted by Crippen LogP contribution is -2.01. The third-order valence-electron chi connectivity index (χ3n) is 10.5. The minimum Gasteiger partial charge on any atom is -0.208 e. The summed E-state index contributed by atoms with van der Waals surface area (Å²) in [6, 6.07) is 62.7. The topological polar surface area (TPSA) is 38.7 Å². The summed E-state index contributed by atoms with van der Waals surface area (Å²) in [7, 11) is 0. The van der Waals surface area contributed by atoms with E-state index < -0.39 is 0 Å². The van der Waals surface area contributed by atoms with Crippen LogP contribution >= 0.6 is 11.3 Å². The van der Waals surface area contributed by atoms with Crippen LogP contribution in [0.2, 0.25) is 0 Å². The standard InChI is InChI=1S/C49H29N3S/c1-2-15-30(16-3-1)47-50-48(52-49(51-47)41-27-14-26-39-36-22-12-13-28-44(36)53-46(39)41)40-25-11-8-21-35(40)42-29-43-33-19-5-4-17-31(33)32-18-6-9-23-37(32)45(43)38-24-10-7-20-34(38)42/h1-29H. The normalized spacial score (nSPS) is 11.8. The van der Waals surface area contributed by atoms with Gasteiger partial charge in [-0.05, 0) is 72.4 Å². The molecule has 0 aliphatic carbocycles. The van der Waals surface area contributed by atoms with E-state index in [0.29, 0.717) is 17.5 Å². The Morgan fingerprint density at radius 2 is 0.792 bits per heavy atom. The highest BCUT2D eigenvalue weighted by Gasteiger charge is 2.21. The minimum atomic E-state index is 0.648. The van der Waals surface area contributed by atoms with E-state index in [1.807, 2.05) is 18.2 Å². The number of nitrogens with zero attached hydrogens (tertiary/aromatic N) is 3.